The number of carbonyl (C=O) groups excluding carboxylic acids is 2. The van der Waals surface area contributed by atoms with Crippen LogP contribution in [0.4, 0.5) is 11.5 Å². The molecule has 8 heteroatoms. The van der Waals surface area contributed by atoms with E-state index in [9.17, 15) is 9.59 Å². The van der Waals surface area contributed by atoms with E-state index in [1.807, 2.05) is 46.3 Å². The first-order valence-electron chi connectivity index (χ1n) is 13.6. The average molecular weight is 525 g/mol. The van der Waals surface area contributed by atoms with Gasteiger partial charge in [-0.05, 0) is 48.6 Å². The topological polar surface area (TPSA) is 94.2 Å². The zero-order chi connectivity index (χ0) is 27.4. The summed E-state index contributed by atoms with van der Waals surface area (Å²) in [7, 11) is 0. The summed E-state index contributed by atoms with van der Waals surface area (Å²) in [6, 6.07) is 20.4. The van der Waals surface area contributed by atoms with E-state index in [2.05, 4.69) is 64.4 Å². The number of aromatic nitrogens is 3. The molecule has 0 saturated carbocycles. The maximum absolute atomic E-state index is 13.7. The highest BCUT2D eigenvalue weighted by molar-refractivity contribution is 5.96. The molecule has 8 nitrogen and oxygen atoms in total. The van der Waals surface area contributed by atoms with Crippen LogP contribution in [-0.2, 0) is 10.2 Å². The van der Waals surface area contributed by atoms with E-state index in [1.165, 1.54) is 18.8 Å². The van der Waals surface area contributed by atoms with Crippen molar-refractivity contribution in [2.24, 2.45) is 5.92 Å². The molecule has 202 valence electrons. The van der Waals surface area contributed by atoms with Crippen LogP contribution in [0.15, 0.2) is 73.2 Å². The van der Waals surface area contributed by atoms with Crippen LogP contribution in [0.3, 0.4) is 0 Å². The third kappa shape index (κ3) is 5.37. The molecule has 1 saturated heterocycles. The minimum Gasteiger partial charge on any atom is -0.355 e. The van der Waals surface area contributed by atoms with Gasteiger partial charge in [-0.15, -0.1) is 0 Å². The Morgan fingerprint density at radius 2 is 1.82 bits per heavy atom. The highest BCUT2D eigenvalue weighted by Crippen LogP contribution is 2.42. The monoisotopic (exact) mass is 524 g/mol. The number of rotatable bonds is 8. The molecule has 0 radical (unpaired) electrons. The van der Waals surface area contributed by atoms with Crippen LogP contribution in [0.5, 0.6) is 0 Å². The lowest BCUT2D eigenvalue weighted by molar-refractivity contribution is -0.118. The summed E-state index contributed by atoms with van der Waals surface area (Å²) in [5.41, 5.74) is 3.66. The van der Waals surface area contributed by atoms with Gasteiger partial charge in [0.15, 0.2) is 0 Å². The number of fused-ring (bicyclic) bond motifs is 1. The Balaban J connectivity index is 1.39. The van der Waals surface area contributed by atoms with Gasteiger partial charge in [0.05, 0.1) is 5.39 Å². The van der Waals surface area contributed by atoms with E-state index >= 15 is 0 Å². The van der Waals surface area contributed by atoms with Crippen LogP contribution in [0.1, 0.15) is 49.5 Å². The molecule has 1 aliphatic heterocycles. The van der Waals surface area contributed by atoms with Crippen molar-refractivity contribution in [1.82, 2.24) is 25.2 Å². The Hall–Kier alpha value is -4.20. The van der Waals surface area contributed by atoms with Gasteiger partial charge in [-0.1, -0.05) is 50.2 Å². The van der Waals surface area contributed by atoms with E-state index < -0.39 is 0 Å². The normalized spacial score (nSPS) is 14.9. The highest BCUT2D eigenvalue weighted by atomic mass is 16.2. The van der Waals surface area contributed by atoms with Crippen molar-refractivity contribution in [2.75, 3.05) is 31.1 Å². The van der Waals surface area contributed by atoms with E-state index in [1.54, 1.807) is 0 Å². The van der Waals surface area contributed by atoms with Crippen LogP contribution in [-0.4, -0.2) is 57.8 Å². The fourth-order valence-electron chi connectivity index (χ4n) is 5.84. The molecule has 0 bridgehead atoms. The summed E-state index contributed by atoms with van der Waals surface area (Å²) in [5, 5.41) is 3.74. The molecule has 1 aliphatic rings. The van der Waals surface area contributed by atoms with E-state index in [4.69, 9.17) is 0 Å². The van der Waals surface area contributed by atoms with E-state index in [-0.39, 0.29) is 17.2 Å². The lowest BCUT2D eigenvalue weighted by atomic mass is 9.65. The molecular formula is C31H36N6O2. The Kier molecular flexibility index (Phi) is 7.63. The van der Waals surface area contributed by atoms with Crippen LogP contribution >= 0.6 is 0 Å². The smallest absolute Gasteiger partial charge is 0.253 e. The maximum atomic E-state index is 13.7. The maximum Gasteiger partial charge on any atom is 0.253 e. The summed E-state index contributed by atoms with van der Waals surface area (Å²) < 4.78 is 0. The van der Waals surface area contributed by atoms with Crippen molar-refractivity contribution in [2.45, 2.75) is 39.0 Å². The number of nitrogens with zero attached hydrogens (tertiary/aromatic N) is 4. The molecule has 2 aromatic heterocycles. The van der Waals surface area contributed by atoms with Crippen molar-refractivity contribution in [1.29, 1.82) is 0 Å². The zero-order valence-electron chi connectivity index (χ0n) is 22.9. The molecule has 0 atom stereocenters. The van der Waals surface area contributed by atoms with E-state index in [0.29, 0.717) is 24.6 Å². The van der Waals surface area contributed by atoms with Crippen LogP contribution in [0, 0.1) is 5.92 Å². The molecule has 39 heavy (non-hydrogen) atoms. The molecule has 4 aromatic rings. The van der Waals surface area contributed by atoms with Crippen LogP contribution in [0.25, 0.3) is 11.0 Å². The summed E-state index contributed by atoms with van der Waals surface area (Å²) in [4.78, 5) is 41.3. The fraction of sp³-hybridized carbons (Fsp3) is 0.355. The lowest BCUT2D eigenvalue weighted by Crippen LogP contribution is -2.47. The number of aromatic amines is 1. The summed E-state index contributed by atoms with van der Waals surface area (Å²) in [5.74, 6) is 1.15. The number of likely N-dealkylation sites (tertiary alicyclic amines) is 1. The molecule has 0 spiro atoms. The largest absolute Gasteiger partial charge is 0.355 e. The van der Waals surface area contributed by atoms with Gasteiger partial charge in [-0.2, -0.15) is 0 Å². The lowest BCUT2D eigenvalue weighted by Gasteiger charge is -2.45. The van der Waals surface area contributed by atoms with Gasteiger partial charge in [0.2, 0.25) is 5.91 Å². The minimum atomic E-state index is -0.0913. The molecule has 1 fully saturated rings. The Labute approximate surface area is 229 Å². The second kappa shape index (κ2) is 11.3. The second-order valence-corrected chi connectivity index (χ2v) is 10.6. The first kappa shape index (κ1) is 26.4. The number of hydrogen-bond donors (Lipinski definition) is 2. The molecule has 0 aliphatic carbocycles. The number of benzene rings is 2. The quantitative estimate of drug-likeness (QED) is 0.336. The van der Waals surface area contributed by atoms with Crippen molar-refractivity contribution in [3.8, 4) is 0 Å². The number of anilines is 2. The van der Waals surface area contributed by atoms with Crippen LogP contribution < -0.4 is 10.2 Å². The summed E-state index contributed by atoms with van der Waals surface area (Å²) in [6.45, 7) is 8.45. The number of H-pyrrole nitrogens is 1. The van der Waals surface area contributed by atoms with Gasteiger partial charge in [0, 0.05) is 56.0 Å². The number of amides is 2. The van der Waals surface area contributed by atoms with Crippen molar-refractivity contribution < 1.29 is 9.59 Å². The fourth-order valence-corrected chi connectivity index (χ4v) is 5.84. The minimum absolute atomic E-state index is 0.0403. The first-order valence-corrected chi connectivity index (χ1v) is 13.6. The molecule has 2 aromatic carbocycles. The Morgan fingerprint density at radius 1 is 1.05 bits per heavy atom. The van der Waals surface area contributed by atoms with Gasteiger partial charge < -0.3 is 20.1 Å². The zero-order valence-corrected chi connectivity index (χ0v) is 22.9. The Morgan fingerprint density at radius 3 is 2.54 bits per heavy atom. The summed E-state index contributed by atoms with van der Waals surface area (Å²) >= 11 is 0. The number of carbonyl (C=O) groups is 2. The number of piperidine rings is 1. The van der Waals surface area contributed by atoms with Gasteiger partial charge in [-0.25, -0.2) is 9.97 Å². The van der Waals surface area contributed by atoms with Crippen molar-refractivity contribution in [3.05, 3.63) is 84.3 Å². The van der Waals surface area contributed by atoms with Crippen molar-refractivity contribution in [3.63, 3.8) is 0 Å². The van der Waals surface area contributed by atoms with Crippen LogP contribution in [0.2, 0.25) is 0 Å². The standard InChI is InChI=1S/C31H36N6O2/c1-22(2)31(25-9-5-4-6-10-25)13-17-36(18-14-31)30(39)24-8-7-11-26(20-24)37(19-16-32-23(3)38)29-27-12-15-33-28(27)34-21-35-29/h4-12,15,20-22H,13-14,16-19H2,1-3H3,(H,32,38)(H,33,34,35). The van der Waals surface area contributed by atoms with Gasteiger partial charge in [-0.3, -0.25) is 9.59 Å². The SMILES string of the molecule is CC(=O)NCCN(c1cccc(C(=O)N2CCC(c3ccccc3)(C(C)C)CC2)c1)c1ncnc2[nH]ccc12. The highest BCUT2D eigenvalue weighted by Gasteiger charge is 2.40. The molecular weight excluding hydrogens is 488 g/mol. The average Bonchev–Trinajstić information content (AvgIpc) is 3.45. The second-order valence-electron chi connectivity index (χ2n) is 10.6. The van der Waals surface area contributed by atoms with Gasteiger partial charge in [0.1, 0.15) is 17.8 Å². The van der Waals surface area contributed by atoms with Gasteiger partial charge >= 0.3 is 0 Å². The predicted molar refractivity (Wildman–Crippen MR) is 154 cm³/mol. The van der Waals surface area contributed by atoms with Crippen molar-refractivity contribution >= 4 is 34.4 Å². The molecule has 3 heterocycles. The predicted octanol–water partition coefficient (Wildman–Crippen LogP) is 5.06. The Bertz CT molecular complexity index is 1440. The number of nitrogens with one attached hydrogen (secondary N) is 2. The third-order valence-electron chi connectivity index (χ3n) is 8.10. The van der Waals surface area contributed by atoms with Gasteiger partial charge in [0.25, 0.3) is 5.91 Å². The number of hydrogen-bond acceptors (Lipinski definition) is 5. The third-order valence-corrected chi connectivity index (χ3v) is 8.10. The molecule has 0 unspecified atom stereocenters. The van der Waals surface area contributed by atoms with E-state index in [0.717, 1.165) is 48.5 Å². The molecule has 2 amide bonds. The first-order chi connectivity index (χ1) is 18.9. The molecule has 5 rings (SSSR count). The molecule has 2 N–H and O–H groups in total. The summed E-state index contributed by atoms with van der Waals surface area (Å²) in [6.07, 6.45) is 5.23.